The molecular weight excluding hydrogens is 368 g/mol. The molecule has 0 aliphatic rings. The van der Waals surface area contributed by atoms with E-state index in [-0.39, 0.29) is 17.6 Å². The largest absolute Gasteiger partial charge is 0.462 e. The predicted octanol–water partition coefficient (Wildman–Crippen LogP) is 4.21. The minimum atomic E-state index is -0.362. The summed E-state index contributed by atoms with van der Waals surface area (Å²) in [6.45, 7) is 4.17. The average Bonchev–Trinajstić information content (AvgIpc) is 2.75. The highest BCUT2D eigenvalue weighted by Crippen LogP contribution is 2.16. The Bertz CT molecular complexity index is 968. The SMILES string of the molecule is CCOC(=O)c1ccc(Nc2cnc(C(=O)Nc3ccc(CC)cc3)cn2)cc1. The number of esters is 1. The van der Waals surface area contributed by atoms with Crippen LogP contribution in [-0.2, 0) is 11.2 Å². The van der Waals surface area contributed by atoms with Crippen LogP contribution in [0.25, 0.3) is 0 Å². The van der Waals surface area contributed by atoms with E-state index in [0.29, 0.717) is 23.7 Å². The van der Waals surface area contributed by atoms with Crippen LogP contribution in [0.15, 0.2) is 60.9 Å². The third-order valence-corrected chi connectivity index (χ3v) is 4.17. The monoisotopic (exact) mass is 390 g/mol. The minimum absolute atomic E-state index is 0.216. The number of hydrogen-bond donors (Lipinski definition) is 2. The molecule has 0 fully saturated rings. The topological polar surface area (TPSA) is 93.2 Å². The third-order valence-electron chi connectivity index (χ3n) is 4.17. The van der Waals surface area contributed by atoms with Gasteiger partial charge in [-0.05, 0) is 55.3 Å². The van der Waals surface area contributed by atoms with E-state index in [1.165, 1.54) is 18.0 Å². The molecule has 0 aliphatic heterocycles. The van der Waals surface area contributed by atoms with Crippen LogP contribution in [0.1, 0.15) is 40.3 Å². The molecule has 3 aromatic rings. The van der Waals surface area contributed by atoms with Gasteiger partial charge in [0.25, 0.3) is 5.91 Å². The quantitative estimate of drug-likeness (QED) is 0.587. The van der Waals surface area contributed by atoms with Crippen LogP contribution in [0.5, 0.6) is 0 Å². The third kappa shape index (κ3) is 5.38. The summed E-state index contributed by atoms with van der Waals surface area (Å²) in [5.74, 6) is -0.205. The molecule has 0 unspecified atom stereocenters. The highest BCUT2D eigenvalue weighted by molar-refractivity contribution is 6.02. The summed E-state index contributed by atoms with van der Waals surface area (Å²) in [5.41, 5.74) is 3.34. The first-order valence-electron chi connectivity index (χ1n) is 9.35. The molecule has 0 aliphatic carbocycles. The Morgan fingerprint density at radius 2 is 1.59 bits per heavy atom. The number of nitrogens with zero attached hydrogens (tertiary/aromatic N) is 2. The molecule has 7 heteroatoms. The first-order chi connectivity index (χ1) is 14.1. The molecule has 0 bridgehead atoms. The van der Waals surface area contributed by atoms with E-state index in [9.17, 15) is 9.59 Å². The number of carbonyl (C=O) groups excluding carboxylic acids is 2. The molecule has 0 spiro atoms. The van der Waals surface area contributed by atoms with Crippen molar-refractivity contribution in [3.8, 4) is 0 Å². The molecule has 0 radical (unpaired) electrons. The summed E-state index contributed by atoms with van der Waals surface area (Å²) in [6.07, 6.45) is 3.83. The normalized spacial score (nSPS) is 10.3. The lowest BCUT2D eigenvalue weighted by Gasteiger charge is -2.08. The number of carbonyl (C=O) groups is 2. The van der Waals surface area contributed by atoms with E-state index in [0.717, 1.165) is 12.1 Å². The highest BCUT2D eigenvalue weighted by atomic mass is 16.5. The molecule has 7 nitrogen and oxygen atoms in total. The number of rotatable bonds is 7. The minimum Gasteiger partial charge on any atom is -0.462 e. The number of anilines is 3. The second-order valence-corrected chi connectivity index (χ2v) is 6.21. The zero-order chi connectivity index (χ0) is 20.6. The Kier molecular flexibility index (Phi) is 6.52. The summed E-state index contributed by atoms with van der Waals surface area (Å²) >= 11 is 0. The van der Waals surface area contributed by atoms with Crippen LogP contribution >= 0.6 is 0 Å². The lowest BCUT2D eigenvalue weighted by atomic mass is 10.1. The van der Waals surface area contributed by atoms with Crippen LogP contribution in [0, 0.1) is 0 Å². The van der Waals surface area contributed by atoms with E-state index in [4.69, 9.17) is 4.74 Å². The standard InChI is InChI=1S/C22H22N4O3/c1-3-15-5-9-18(10-6-15)26-21(27)19-13-24-20(14-23-19)25-17-11-7-16(8-12-17)22(28)29-4-2/h5-14H,3-4H2,1-2H3,(H,24,25)(H,26,27). The van der Waals surface area contributed by atoms with Crippen molar-refractivity contribution in [3.63, 3.8) is 0 Å². The lowest BCUT2D eigenvalue weighted by molar-refractivity contribution is 0.0526. The van der Waals surface area contributed by atoms with Crippen LogP contribution in [0.2, 0.25) is 0 Å². The molecule has 0 saturated heterocycles. The number of ether oxygens (including phenoxy) is 1. The second kappa shape index (κ2) is 9.45. The summed E-state index contributed by atoms with van der Waals surface area (Å²) < 4.78 is 4.96. The maximum atomic E-state index is 12.3. The molecule has 3 rings (SSSR count). The number of nitrogens with one attached hydrogen (secondary N) is 2. The number of amides is 1. The van der Waals surface area contributed by atoms with Crippen molar-refractivity contribution in [1.82, 2.24) is 9.97 Å². The molecule has 29 heavy (non-hydrogen) atoms. The van der Waals surface area contributed by atoms with Gasteiger partial charge in [-0.1, -0.05) is 19.1 Å². The van der Waals surface area contributed by atoms with Gasteiger partial charge in [0.05, 0.1) is 24.6 Å². The summed E-state index contributed by atoms with van der Waals surface area (Å²) in [5, 5.41) is 5.87. The van der Waals surface area contributed by atoms with E-state index in [1.54, 1.807) is 31.2 Å². The molecule has 148 valence electrons. The molecule has 1 heterocycles. The lowest BCUT2D eigenvalue weighted by Crippen LogP contribution is -2.14. The van der Waals surface area contributed by atoms with Crippen molar-refractivity contribution in [3.05, 3.63) is 77.7 Å². The first-order valence-corrected chi connectivity index (χ1v) is 9.35. The smallest absolute Gasteiger partial charge is 0.338 e. The summed E-state index contributed by atoms with van der Waals surface area (Å²) in [7, 11) is 0. The number of hydrogen-bond acceptors (Lipinski definition) is 6. The van der Waals surface area contributed by atoms with Crippen molar-refractivity contribution < 1.29 is 14.3 Å². The van der Waals surface area contributed by atoms with Gasteiger partial charge in [-0.3, -0.25) is 4.79 Å². The van der Waals surface area contributed by atoms with Gasteiger partial charge in [0.2, 0.25) is 0 Å². The maximum absolute atomic E-state index is 12.3. The van der Waals surface area contributed by atoms with Crippen molar-refractivity contribution in [2.45, 2.75) is 20.3 Å². The molecule has 2 aromatic carbocycles. The van der Waals surface area contributed by atoms with Gasteiger partial charge in [0, 0.05) is 11.4 Å². The number of aromatic nitrogens is 2. The fourth-order valence-corrected chi connectivity index (χ4v) is 2.58. The van der Waals surface area contributed by atoms with Crippen molar-refractivity contribution in [1.29, 1.82) is 0 Å². The van der Waals surface area contributed by atoms with Gasteiger partial charge < -0.3 is 15.4 Å². The molecule has 0 atom stereocenters. The highest BCUT2D eigenvalue weighted by Gasteiger charge is 2.09. The van der Waals surface area contributed by atoms with Crippen LogP contribution < -0.4 is 10.6 Å². The molecule has 0 saturated carbocycles. The van der Waals surface area contributed by atoms with Crippen molar-refractivity contribution in [2.24, 2.45) is 0 Å². The van der Waals surface area contributed by atoms with Gasteiger partial charge in [0.1, 0.15) is 11.5 Å². The number of aryl methyl sites for hydroxylation is 1. The van der Waals surface area contributed by atoms with Crippen LogP contribution in [-0.4, -0.2) is 28.5 Å². The Balaban J connectivity index is 1.60. The Hall–Kier alpha value is -3.74. The van der Waals surface area contributed by atoms with Gasteiger partial charge in [0.15, 0.2) is 0 Å². The van der Waals surface area contributed by atoms with E-state index in [2.05, 4.69) is 27.5 Å². The molecule has 1 amide bonds. The Morgan fingerprint density at radius 1 is 0.897 bits per heavy atom. The second-order valence-electron chi connectivity index (χ2n) is 6.21. The van der Waals surface area contributed by atoms with Gasteiger partial charge in [-0.15, -0.1) is 0 Å². The molecule has 2 N–H and O–H groups in total. The van der Waals surface area contributed by atoms with Crippen LogP contribution in [0.4, 0.5) is 17.2 Å². The van der Waals surface area contributed by atoms with Gasteiger partial charge >= 0.3 is 5.97 Å². The summed E-state index contributed by atoms with van der Waals surface area (Å²) in [6, 6.07) is 14.5. The van der Waals surface area contributed by atoms with E-state index >= 15 is 0 Å². The van der Waals surface area contributed by atoms with Gasteiger partial charge in [-0.2, -0.15) is 0 Å². The summed E-state index contributed by atoms with van der Waals surface area (Å²) in [4.78, 5) is 32.4. The van der Waals surface area contributed by atoms with Crippen LogP contribution in [0.3, 0.4) is 0 Å². The van der Waals surface area contributed by atoms with Crippen molar-refractivity contribution >= 4 is 29.1 Å². The zero-order valence-corrected chi connectivity index (χ0v) is 16.3. The predicted molar refractivity (Wildman–Crippen MR) is 111 cm³/mol. The maximum Gasteiger partial charge on any atom is 0.338 e. The molecule has 1 aromatic heterocycles. The Labute approximate surface area is 169 Å². The van der Waals surface area contributed by atoms with E-state index in [1.807, 2.05) is 24.3 Å². The Morgan fingerprint density at radius 3 is 2.17 bits per heavy atom. The van der Waals surface area contributed by atoms with Gasteiger partial charge in [-0.25, -0.2) is 14.8 Å². The average molecular weight is 390 g/mol. The van der Waals surface area contributed by atoms with E-state index < -0.39 is 0 Å². The number of benzene rings is 2. The van der Waals surface area contributed by atoms with Crippen molar-refractivity contribution in [2.75, 3.05) is 17.2 Å². The fourth-order valence-electron chi connectivity index (χ4n) is 2.58. The zero-order valence-electron chi connectivity index (χ0n) is 16.3. The molecular formula is C22H22N4O3. The fraction of sp³-hybridized carbons (Fsp3) is 0.182. The first kappa shape index (κ1) is 20.0.